The molecule has 1 rings (SSSR count). The van der Waals surface area contributed by atoms with E-state index in [2.05, 4.69) is 13.8 Å². The highest BCUT2D eigenvalue weighted by Crippen LogP contribution is 2.17. The highest BCUT2D eigenvalue weighted by Gasteiger charge is 2.24. The molecule has 0 saturated carbocycles. The first-order chi connectivity index (χ1) is 10.3. The molecule has 1 aliphatic rings. The lowest BCUT2D eigenvalue weighted by atomic mass is 10.1. The fourth-order valence-corrected chi connectivity index (χ4v) is 2.59. The Morgan fingerprint density at radius 1 is 1.14 bits per heavy atom. The van der Waals surface area contributed by atoms with E-state index in [1.165, 1.54) is 38.5 Å². The lowest BCUT2D eigenvalue weighted by Gasteiger charge is -2.30. The Balaban J connectivity index is 1.94. The van der Waals surface area contributed by atoms with Crippen LogP contribution in [0.5, 0.6) is 0 Å². The minimum atomic E-state index is -0.222. The summed E-state index contributed by atoms with van der Waals surface area (Å²) in [5, 5.41) is 9.11. The van der Waals surface area contributed by atoms with E-state index in [9.17, 15) is 0 Å². The number of unbranched alkanes of at least 4 members (excludes halogenated alkanes) is 6. The summed E-state index contributed by atoms with van der Waals surface area (Å²) in [7, 11) is 0. The minimum Gasteiger partial charge on any atom is -0.394 e. The average Bonchev–Trinajstić information content (AvgIpc) is 2.50. The van der Waals surface area contributed by atoms with E-state index < -0.39 is 0 Å². The van der Waals surface area contributed by atoms with Crippen molar-refractivity contribution in [2.75, 3.05) is 19.8 Å². The molecule has 1 unspecified atom stereocenters. The summed E-state index contributed by atoms with van der Waals surface area (Å²) >= 11 is 0. The van der Waals surface area contributed by atoms with Gasteiger partial charge in [-0.3, -0.25) is 0 Å². The molecule has 1 aliphatic heterocycles. The summed E-state index contributed by atoms with van der Waals surface area (Å²) in [6.07, 6.45) is 10.5. The predicted molar refractivity (Wildman–Crippen MR) is 84.3 cm³/mol. The monoisotopic (exact) mass is 302 g/mol. The maximum atomic E-state index is 9.11. The summed E-state index contributed by atoms with van der Waals surface area (Å²) in [5.74, 6) is 0. The van der Waals surface area contributed by atoms with Gasteiger partial charge in [0.1, 0.15) is 0 Å². The Morgan fingerprint density at radius 3 is 2.57 bits per heavy atom. The van der Waals surface area contributed by atoms with Gasteiger partial charge in [0, 0.05) is 13.0 Å². The van der Waals surface area contributed by atoms with Crippen molar-refractivity contribution in [2.45, 2.75) is 90.1 Å². The summed E-state index contributed by atoms with van der Waals surface area (Å²) in [6, 6.07) is 0. The minimum absolute atomic E-state index is 0.0703. The molecule has 1 saturated heterocycles. The summed E-state index contributed by atoms with van der Waals surface area (Å²) in [5.41, 5.74) is 0. The molecule has 1 fully saturated rings. The molecule has 0 bridgehead atoms. The van der Waals surface area contributed by atoms with Crippen molar-refractivity contribution in [3.8, 4) is 0 Å². The van der Waals surface area contributed by atoms with Crippen molar-refractivity contribution in [1.82, 2.24) is 0 Å². The number of hydrogen-bond acceptors (Lipinski definition) is 4. The Morgan fingerprint density at radius 2 is 1.86 bits per heavy atom. The maximum Gasteiger partial charge on any atom is 0.160 e. The summed E-state index contributed by atoms with van der Waals surface area (Å²) in [4.78, 5) is 0. The second-order valence-corrected chi connectivity index (χ2v) is 6.07. The molecule has 0 amide bonds. The SMILES string of the molecule is CCCCCCCCCOC(C)C[C@H]1OCC[C@@H](CO)O1. The average molecular weight is 302 g/mol. The zero-order valence-electron chi connectivity index (χ0n) is 13.9. The number of rotatable bonds is 12. The molecule has 21 heavy (non-hydrogen) atoms. The van der Waals surface area contributed by atoms with E-state index in [0.717, 1.165) is 25.9 Å². The van der Waals surface area contributed by atoms with E-state index in [-0.39, 0.29) is 25.1 Å². The molecule has 0 spiro atoms. The van der Waals surface area contributed by atoms with Gasteiger partial charge in [0.15, 0.2) is 6.29 Å². The Kier molecular flexibility index (Phi) is 11.1. The van der Waals surface area contributed by atoms with Gasteiger partial charge in [-0.1, -0.05) is 45.4 Å². The lowest BCUT2D eigenvalue weighted by molar-refractivity contribution is -0.230. The molecule has 0 aromatic carbocycles. The predicted octanol–water partition coefficient (Wildman–Crippen LogP) is 3.66. The zero-order chi connectivity index (χ0) is 15.3. The number of aliphatic hydroxyl groups is 1. The molecule has 0 radical (unpaired) electrons. The topological polar surface area (TPSA) is 47.9 Å². The standard InChI is InChI=1S/C17H34O4/c1-3-4-5-6-7-8-9-11-19-15(2)13-17-20-12-10-16(14-18)21-17/h15-18H,3-14H2,1-2H3/t15?,16-,17-/m0/s1. The van der Waals surface area contributed by atoms with Crippen LogP contribution >= 0.6 is 0 Å². The van der Waals surface area contributed by atoms with Crippen molar-refractivity contribution >= 4 is 0 Å². The van der Waals surface area contributed by atoms with Crippen LogP contribution < -0.4 is 0 Å². The molecular weight excluding hydrogens is 268 g/mol. The molecule has 0 aliphatic carbocycles. The van der Waals surface area contributed by atoms with Gasteiger partial charge in [0.05, 0.1) is 25.4 Å². The first-order valence-corrected chi connectivity index (χ1v) is 8.75. The van der Waals surface area contributed by atoms with Crippen LogP contribution in [0.15, 0.2) is 0 Å². The summed E-state index contributed by atoms with van der Waals surface area (Å²) in [6.45, 7) is 5.88. The molecule has 1 N–H and O–H groups in total. The zero-order valence-corrected chi connectivity index (χ0v) is 13.9. The first-order valence-electron chi connectivity index (χ1n) is 8.75. The largest absolute Gasteiger partial charge is 0.394 e. The van der Waals surface area contributed by atoms with Crippen LogP contribution in [0.4, 0.5) is 0 Å². The Hall–Kier alpha value is -0.160. The Bertz CT molecular complexity index is 235. The highest BCUT2D eigenvalue weighted by atomic mass is 16.7. The molecule has 4 nitrogen and oxygen atoms in total. The van der Waals surface area contributed by atoms with Crippen LogP contribution in [0, 0.1) is 0 Å². The number of aliphatic hydroxyl groups excluding tert-OH is 1. The van der Waals surface area contributed by atoms with Crippen molar-refractivity contribution in [2.24, 2.45) is 0 Å². The van der Waals surface area contributed by atoms with Gasteiger partial charge in [-0.25, -0.2) is 0 Å². The third-order valence-electron chi connectivity index (χ3n) is 3.97. The van der Waals surface area contributed by atoms with Crippen LogP contribution in [-0.2, 0) is 14.2 Å². The second-order valence-electron chi connectivity index (χ2n) is 6.07. The van der Waals surface area contributed by atoms with Crippen LogP contribution in [0.25, 0.3) is 0 Å². The Labute approximate surface area is 130 Å². The smallest absolute Gasteiger partial charge is 0.160 e. The number of hydrogen-bond donors (Lipinski definition) is 1. The summed E-state index contributed by atoms with van der Waals surface area (Å²) < 4.78 is 17.0. The van der Waals surface area contributed by atoms with E-state index in [4.69, 9.17) is 19.3 Å². The molecule has 126 valence electrons. The first kappa shape index (κ1) is 18.9. The van der Waals surface area contributed by atoms with Gasteiger partial charge in [0.25, 0.3) is 0 Å². The van der Waals surface area contributed by atoms with Crippen molar-refractivity contribution in [1.29, 1.82) is 0 Å². The molecule has 4 heteroatoms. The van der Waals surface area contributed by atoms with Gasteiger partial charge in [-0.2, -0.15) is 0 Å². The third-order valence-corrected chi connectivity index (χ3v) is 3.97. The molecule has 0 aromatic rings. The fourth-order valence-electron chi connectivity index (χ4n) is 2.59. The molecule has 3 atom stereocenters. The van der Waals surface area contributed by atoms with Crippen molar-refractivity contribution in [3.63, 3.8) is 0 Å². The van der Waals surface area contributed by atoms with Crippen LogP contribution in [0.2, 0.25) is 0 Å². The second kappa shape index (κ2) is 12.4. The number of ether oxygens (including phenoxy) is 3. The van der Waals surface area contributed by atoms with E-state index in [1.54, 1.807) is 0 Å². The normalized spacial score (nSPS) is 24.1. The highest BCUT2D eigenvalue weighted by molar-refractivity contribution is 4.65. The van der Waals surface area contributed by atoms with Crippen LogP contribution in [0.1, 0.15) is 71.6 Å². The van der Waals surface area contributed by atoms with Gasteiger partial charge in [0.2, 0.25) is 0 Å². The van der Waals surface area contributed by atoms with Gasteiger partial charge >= 0.3 is 0 Å². The molecular formula is C17H34O4. The third kappa shape index (κ3) is 9.46. The molecule has 1 heterocycles. The van der Waals surface area contributed by atoms with Crippen molar-refractivity contribution in [3.05, 3.63) is 0 Å². The van der Waals surface area contributed by atoms with E-state index in [0.29, 0.717) is 6.61 Å². The van der Waals surface area contributed by atoms with E-state index >= 15 is 0 Å². The van der Waals surface area contributed by atoms with Gasteiger partial charge in [-0.05, 0) is 19.8 Å². The maximum absolute atomic E-state index is 9.11. The van der Waals surface area contributed by atoms with Gasteiger partial charge in [-0.15, -0.1) is 0 Å². The fraction of sp³-hybridized carbons (Fsp3) is 1.00. The molecule has 0 aromatic heterocycles. The van der Waals surface area contributed by atoms with Crippen LogP contribution in [0.3, 0.4) is 0 Å². The lowest BCUT2D eigenvalue weighted by Crippen LogP contribution is -2.36. The van der Waals surface area contributed by atoms with Crippen molar-refractivity contribution < 1.29 is 19.3 Å². The quantitative estimate of drug-likeness (QED) is 0.559. The van der Waals surface area contributed by atoms with Gasteiger partial charge < -0.3 is 19.3 Å². The van der Waals surface area contributed by atoms with E-state index in [1.807, 2.05) is 0 Å². The van der Waals surface area contributed by atoms with Crippen LogP contribution in [-0.4, -0.2) is 43.4 Å².